The maximum absolute atomic E-state index is 6.51. The predicted molar refractivity (Wildman–Crippen MR) is 159 cm³/mol. The number of hydrogen-bond acceptors (Lipinski definition) is 1. The lowest BCUT2D eigenvalue weighted by molar-refractivity contribution is 0.661. The maximum atomic E-state index is 6.51. The summed E-state index contributed by atoms with van der Waals surface area (Å²) < 4.78 is 8.88. The summed E-state index contributed by atoms with van der Waals surface area (Å²) in [5.41, 5.74) is 10.0. The van der Waals surface area contributed by atoms with Crippen molar-refractivity contribution in [3.63, 3.8) is 0 Å². The van der Waals surface area contributed by atoms with Crippen LogP contribution < -0.4 is 0 Å². The summed E-state index contributed by atoms with van der Waals surface area (Å²) in [5.74, 6) is 0. The zero-order chi connectivity index (χ0) is 25.1. The van der Waals surface area contributed by atoms with Crippen LogP contribution >= 0.6 is 0 Å². The van der Waals surface area contributed by atoms with Crippen LogP contribution in [0.3, 0.4) is 0 Å². The quantitative estimate of drug-likeness (QED) is 0.238. The molecule has 8 aromatic rings. The highest BCUT2D eigenvalue weighted by Crippen LogP contribution is 2.38. The minimum absolute atomic E-state index is 0.855. The molecule has 0 bridgehead atoms. The molecular weight excluding hydrogens is 462 g/mol. The molecule has 0 saturated heterocycles. The molecule has 0 N–H and O–H groups in total. The van der Waals surface area contributed by atoms with Crippen LogP contribution in [-0.2, 0) is 0 Å². The molecule has 0 radical (unpaired) electrons. The molecule has 2 heteroatoms. The Morgan fingerprint density at radius 1 is 0.368 bits per heavy atom. The fourth-order valence-electron chi connectivity index (χ4n) is 5.83. The maximum Gasteiger partial charge on any atom is 0.151 e. The van der Waals surface area contributed by atoms with E-state index in [1.54, 1.807) is 0 Å². The SMILES string of the molecule is c1ccc(-c2ccc(-c3ccc4c(c3)c3cccc5c6ccccc6oc6ccccc6n4c53)cc2)cc1. The summed E-state index contributed by atoms with van der Waals surface area (Å²) in [5, 5.41) is 4.76. The zero-order valence-corrected chi connectivity index (χ0v) is 20.6. The molecule has 0 atom stereocenters. The minimum atomic E-state index is 0.855. The molecule has 2 nitrogen and oxygen atoms in total. The molecule has 0 aliphatic heterocycles. The molecule has 2 aromatic heterocycles. The van der Waals surface area contributed by atoms with Crippen molar-refractivity contribution in [2.24, 2.45) is 0 Å². The summed E-state index contributed by atoms with van der Waals surface area (Å²) in [7, 11) is 0. The number of fused-ring (bicyclic) bond motifs is 7. The van der Waals surface area contributed by atoms with Crippen molar-refractivity contribution in [2.45, 2.75) is 0 Å². The summed E-state index contributed by atoms with van der Waals surface area (Å²) >= 11 is 0. The Labute approximate surface area is 219 Å². The summed E-state index contributed by atoms with van der Waals surface area (Å²) in [6.45, 7) is 0. The van der Waals surface area contributed by atoms with Gasteiger partial charge in [-0.05, 0) is 52.6 Å². The zero-order valence-electron chi connectivity index (χ0n) is 20.6. The third kappa shape index (κ3) is 3.14. The van der Waals surface area contributed by atoms with Gasteiger partial charge in [-0.3, -0.25) is 0 Å². The van der Waals surface area contributed by atoms with Crippen LogP contribution in [0.15, 0.2) is 144 Å². The van der Waals surface area contributed by atoms with Crippen LogP contribution in [0.5, 0.6) is 0 Å². The number of aromatic nitrogens is 1. The average Bonchev–Trinajstić information content (AvgIpc) is 3.31. The molecule has 0 aliphatic carbocycles. The lowest BCUT2D eigenvalue weighted by atomic mass is 9.99. The van der Waals surface area contributed by atoms with E-state index in [2.05, 4.69) is 132 Å². The van der Waals surface area contributed by atoms with Crippen molar-refractivity contribution in [1.29, 1.82) is 0 Å². The molecule has 0 spiro atoms. The molecule has 0 amide bonds. The number of rotatable bonds is 2. The topological polar surface area (TPSA) is 17.6 Å². The highest BCUT2D eigenvalue weighted by Gasteiger charge is 2.15. The van der Waals surface area contributed by atoms with E-state index in [0.717, 1.165) is 22.1 Å². The van der Waals surface area contributed by atoms with Crippen molar-refractivity contribution < 1.29 is 4.42 Å². The van der Waals surface area contributed by atoms with Gasteiger partial charge in [0, 0.05) is 21.5 Å². The third-order valence-corrected chi connectivity index (χ3v) is 7.62. The minimum Gasteiger partial charge on any atom is -0.455 e. The summed E-state index contributed by atoms with van der Waals surface area (Å²) in [6.07, 6.45) is 0. The normalized spacial score (nSPS) is 11.7. The predicted octanol–water partition coefficient (Wildman–Crippen LogP) is 10.0. The average molecular weight is 486 g/mol. The first-order valence-electron chi connectivity index (χ1n) is 12.9. The Bertz CT molecular complexity index is 2160. The number of para-hydroxylation sites is 4. The highest BCUT2D eigenvalue weighted by molar-refractivity contribution is 6.20. The largest absolute Gasteiger partial charge is 0.455 e. The van der Waals surface area contributed by atoms with Crippen molar-refractivity contribution >= 4 is 49.3 Å². The van der Waals surface area contributed by atoms with E-state index in [0.29, 0.717) is 0 Å². The van der Waals surface area contributed by atoms with E-state index in [-0.39, 0.29) is 0 Å². The lowest BCUT2D eigenvalue weighted by Crippen LogP contribution is -1.88. The molecule has 2 heterocycles. The van der Waals surface area contributed by atoms with Gasteiger partial charge in [0.15, 0.2) is 5.58 Å². The van der Waals surface area contributed by atoms with Crippen molar-refractivity contribution in [1.82, 2.24) is 4.40 Å². The van der Waals surface area contributed by atoms with Crippen molar-refractivity contribution in [3.05, 3.63) is 140 Å². The Morgan fingerprint density at radius 2 is 0.947 bits per heavy atom. The molecule has 0 aliphatic rings. The fraction of sp³-hybridized carbons (Fsp3) is 0. The van der Waals surface area contributed by atoms with E-state index in [9.17, 15) is 0 Å². The molecular formula is C36H23NO. The number of hydrogen-bond donors (Lipinski definition) is 0. The van der Waals surface area contributed by atoms with Gasteiger partial charge in [0.25, 0.3) is 0 Å². The monoisotopic (exact) mass is 485 g/mol. The van der Waals surface area contributed by atoms with Crippen molar-refractivity contribution in [3.8, 4) is 22.3 Å². The van der Waals surface area contributed by atoms with Crippen LogP contribution in [0.4, 0.5) is 0 Å². The van der Waals surface area contributed by atoms with E-state index in [1.165, 1.54) is 49.4 Å². The van der Waals surface area contributed by atoms with Gasteiger partial charge < -0.3 is 8.82 Å². The Hall–Kier alpha value is -5.08. The van der Waals surface area contributed by atoms with Gasteiger partial charge in [-0.15, -0.1) is 0 Å². The third-order valence-electron chi connectivity index (χ3n) is 7.62. The molecule has 6 aromatic carbocycles. The molecule has 8 rings (SSSR count). The molecule has 0 unspecified atom stereocenters. The van der Waals surface area contributed by atoms with Crippen LogP contribution in [0, 0.1) is 0 Å². The first-order valence-corrected chi connectivity index (χ1v) is 12.9. The van der Waals surface area contributed by atoms with Gasteiger partial charge >= 0.3 is 0 Å². The first kappa shape index (κ1) is 21.0. The second-order valence-corrected chi connectivity index (χ2v) is 9.78. The van der Waals surface area contributed by atoms with Gasteiger partial charge in [0.1, 0.15) is 5.58 Å². The van der Waals surface area contributed by atoms with E-state index >= 15 is 0 Å². The molecule has 0 saturated carbocycles. The summed E-state index contributed by atoms with van der Waals surface area (Å²) in [6, 6.07) is 49.5. The smallest absolute Gasteiger partial charge is 0.151 e. The standard InChI is InChI=1S/C36H23NO/c1-2-9-24(10-3-1)25-17-19-26(20-18-25)27-21-22-32-31(23-27)30-13-8-12-29-28-11-4-6-15-34(28)38-35-16-7-5-14-33(35)37(32)36(29)30/h1-23H. The van der Waals surface area contributed by atoms with Gasteiger partial charge in [0.05, 0.1) is 16.6 Å². The lowest BCUT2D eigenvalue weighted by Gasteiger charge is -2.07. The van der Waals surface area contributed by atoms with Gasteiger partial charge in [-0.25, -0.2) is 0 Å². The van der Waals surface area contributed by atoms with Crippen LogP contribution in [0.25, 0.3) is 71.5 Å². The van der Waals surface area contributed by atoms with Gasteiger partial charge in [-0.2, -0.15) is 0 Å². The fourth-order valence-corrected chi connectivity index (χ4v) is 5.83. The first-order chi connectivity index (χ1) is 18.8. The molecule has 38 heavy (non-hydrogen) atoms. The number of nitrogens with zero attached hydrogens (tertiary/aromatic N) is 1. The number of benzene rings is 6. The van der Waals surface area contributed by atoms with E-state index in [4.69, 9.17) is 4.42 Å². The Kier molecular flexibility index (Phi) is 4.55. The molecule has 0 fully saturated rings. The highest BCUT2D eigenvalue weighted by atomic mass is 16.3. The second-order valence-electron chi connectivity index (χ2n) is 9.78. The van der Waals surface area contributed by atoms with Gasteiger partial charge in [0.2, 0.25) is 0 Å². The Morgan fingerprint density at radius 3 is 1.76 bits per heavy atom. The van der Waals surface area contributed by atoms with Gasteiger partial charge in [-0.1, -0.05) is 109 Å². The van der Waals surface area contributed by atoms with Crippen LogP contribution in [-0.4, -0.2) is 4.40 Å². The van der Waals surface area contributed by atoms with Crippen LogP contribution in [0.2, 0.25) is 0 Å². The Balaban J connectivity index is 1.45. The van der Waals surface area contributed by atoms with Crippen LogP contribution in [0.1, 0.15) is 0 Å². The molecule has 178 valence electrons. The van der Waals surface area contributed by atoms with E-state index in [1.807, 2.05) is 12.1 Å². The second kappa shape index (κ2) is 8.22. The van der Waals surface area contributed by atoms with Crippen molar-refractivity contribution in [2.75, 3.05) is 0 Å². The van der Waals surface area contributed by atoms with E-state index < -0.39 is 0 Å². The summed E-state index contributed by atoms with van der Waals surface area (Å²) in [4.78, 5) is 0.